The van der Waals surface area contributed by atoms with E-state index in [-0.39, 0.29) is 17.8 Å². The normalized spacial score (nSPS) is 26.4. The van der Waals surface area contributed by atoms with E-state index in [1.165, 1.54) is 0 Å². The van der Waals surface area contributed by atoms with Gasteiger partial charge >= 0.3 is 6.01 Å². The Kier molecular flexibility index (Phi) is 6.15. The minimum absolute atomic E-state index is 0.0946. The van der Waals surface area contributed by atoms with E-state index in [9.17, 15) is 5.11 Å². The highest BCUT2D eigenvalue weighted by atomic mass is 16.5. The molecule has 3 heterocycles. The summed E-state index contributed by atoms with van der Waals surface area (Å²) in [5.41, 5.74) is 0.803. The maximum atomic E-state index is 12.0. The van der Waals surface area contributed by atoms with Crippen molar-refractivity contribution in [3.63, 3.8) is 0 Å². The molecule has 8 nitrogen and oxygen atoms in total. The Labute approximate surface area is 177 Å². The molecule has 0 spiro atoms. The third kappa shape index (κ3) is 3.98. The first-order valence-electron chi connectivity index (χ1n) is 10.9. The number of nitrogens with zero attached hydrogens (tertiary/aromatic N) is 5. The molecule has 2 atom stereocenters. The number of ether oxygens (including phenoxy) is 2. The van der Waals surface area contributed by atoms with E-state index in [1.54, 1.807) is 6.20 Å². The third-order valence-electron chi connectivity index (χ3n) is 6.27. The Morgan fingerprint density at radius 3 is 2.33 bits per heavy atom. The van der Waals surface area contributed by atoms with Crippen molar-refractivity contribution in [3.05, 3.63) is 35.5 Å². The van der Waals surface area contributed by atoms with Crippen LogP contribution in [0.3, 0.4) is 0 Å². The van der Waals surface area contributed by atoms with Gasteiger partial charge in [0.2, 0.25) is 5.88 Å². The number of hydrogen-bond donors (Lipinski definition) is 1. The van der Waals surface area contributed by atoms with Crippen LogP contribution in [0.2, 0.25) is 0 Å². The number of aliphatic hydroxyl groups is 1. The average molecular weight is 414 g/mol. The van der Waals surface area contributed by atoms with Gasteiger partial charge in [0.1, 0.15) is 11.4 Å². The van der Waals surface area contributed by atoms with Crippen LogP contribution in [0.25, 0.3) is 0 Å². The van der Waals surface area contributed by atoms with Gasteiger partial charge in [-0.3, -0.25) is 4.90 Å². The van der Waals surface area contributed by atoms with Crippen LogP contribution in [0.15, 0.2) is 18.6 Å². The zero-order valence-electron chi connectivity index (χ0n) is 18.0. The average Bonchev–Trinajstić information content (AvgIpc) is 2.71. The summed E-state index contributed by atoms with van der Waals surface area (Å²) in [6, 6.07) is 0.287. The number of piperidine rings is 1. The maximum Gasteiger partial charge on any atom is 0.319 e. The Hall–Kier alpha value is -2.32. The summed E-state index contributed by atoms with van der Waals surface area (Å²) in [5.74, 6) is 1.41. The van der Waals surface area contributed by atoms with E-state index >= 15 is 0 Å². The molecule has 0 amide bonds. The van der Waals surface area contributed by atoms with Crippen LogP contribution in [0, 0.1) is 18.8 Å². The monoisotopic (exact) mass is 413 g/mol. The number of rotatable bonds is 7. The number of fused-ring (bicyclic) bond motifs is 2. The maximum absolute atomic E-state index is 12.0. The van der Waals surface area contributed by atoms with Crippen molar-refractivity contribution >= 4 is 0 Å². The van der Waals surface area contributed by atoms with Crippen LogP contribution in [0.5, 0.6) is 11.9 Å². The molecular formula is C22H31N5O3. The van der Waals surface area contributed by atoms with Crippen molar-refractivity contribution in [1.29, 1.82) is 0 Å². The van der Waals surface area contributed by atoms with Gasteiger partial charge in [0.15, 0.2) is 0 Å². The summed E-state index contributed by atoms with van der Waals surface area (Å²) in [4.78, 5) is 19.8. The van der Waals surface area contributed by atoms with Gasteiger partial charge in [0.05, 0.1) is 18.8 Å². The number of likely N-dealkylation sites (tertiary alicyclic amines) is 1. The highest BCUT2D eigenvalue weighted by Crippen LogP contribution is 2.51. The first-order valence-corrected chi connectivity index (χ1v) is 10.9. The van der Waals surface area contributed by atoms with Gasteiger partial charge in [-0.05, 0) is 33.6 Å². The SMILES string of the molecule is CCOc1ncc(C2(O)[C@@H]3CCC[C@@H]2CN(Cc2cnc(C)nc2)C3)c(OCC)n1. The Bertz CT molecular complexity index is 846. The van der Waals surface area contributed by atoms with Crippen molar-refractivity contribution in [2.75, 3.05) is 26.3 Å². The third-order valence-corrected chi connectivity index (χ3v) is 6.27. The molecule has 0 radical (unpaired) electrons. The lowest BCUT2D eigenvalue weighted by molar-refractivity contribution is -0.150. The van der Waals surface area contributed by atoms with Gasteiger partial charge in [0.25, 0.3) is 0 Å². The highest BCUT2D eigenvalue weighted by Gasteiger charge is 2.53. The molecule has 1 aliphatic heterocycles. The van der Waals surface area contributed by atoms with Gasteiger partial charge in [-0.25, -0.2) is 15.0 Å². The quantitative estimate of drug-likeness (QED) is 0.740. The molecule has 1 saturated carbocycles. The van der Waals surface area contributed by atoms with Gasteiger partial charge < -0.3 is 14.6 Å². The molecule has 8 heteroatoms. The first-order chi connectivity index (χ1) is 14.5. The van der Waals surface area contributed by atoms with Crippen LogP contribution in [0.4, 0.5) is 0 Å². The molecule has 1 saturated heterocycles. The molecule has 2 aliphatic rings. The van der Waals surface area contributed by atoms with Crippen molar-refractivity contribution < 1.29 is 14.6 Å². The van der Waals surface area contributed by atoms with Crippen LogP contribution < -0.4 is 9.47 Å². The molecule has 0 unspecified atom stereocenters. The standard InChI is InChI=1S/C22H31N5O3/c1-4-29-20-19(11-25-21(26-20)30-5-2)22(28)17-7-6-8-18(22)14-27(13-17)12-16-9-23-15(3)24-10-16/h9-11,17-18,28H,4-8,12-14H2,1-3H3/t17-,18-/m1/s1. The summed E-state index contributed by atoms with van der Waals surface area (Å²) in [7, 11) is 0. The lowest BCUT2D eigenvalue weighted by Crippen LogP contribution is -2.58. The number of hydrogen-bond acceptors (Lipinski definition) is 8. The van der Waals surface area contributed by atoms with E-state index < -0.39 is 5.60 Å². The fraction of sp³-hybridized carbons (Fsp3) is 0.636. The second kappa shape index (κ2) is 8.81. The van der Waals surface area contributed by atoms with Crippen LogP contribution >= 0.6 is 0 Å². The second-order valence-electron chi connectivity index (χ2n) is 8.22. The van der Waals surface area contributed by atoms with Crippen molar-refractivity contribution in [2.24, 2.45) is 11.8 Å². The molecule has 2 bridgehead atoms. The first kappa shape index (κ1) is 20.9. The fourth-order valence-electron chi connectivity index (χ4n) is 4.94. The molecule has 2 aromatic heterocycles. The smallest absolute Gasteiger partial charge is 0.319 e. The lowest BCUT2D eigenvalue weighted by atomic mass is 9.63. The lowest BCUT2D eigenvalue weighted by Gasteiger charge is -2.53. The van der Waals surface area contributed by atoms with Gasteiger partial charge in [-0.2, -0.15) is 4.98 Å². The predicted molar refractivity (Wildman–Crippen MR) is 111 cm³/mol. The molecule has 2 fully saturated rings. The molecule has 4 rings (SSSR count). The van der Waals surface area contributed by atoms with E-state index in [0.29, 0.717) is 24.7 Å². The molecule has 2 aromatic rings. The van der Waals surface area contributed by atoms with Crippen molar-refractivity contribution in [3.8, 4) is 11.9 Å². The topological polar surface area (TPSA) is 93.5 Å². The van der Waals surface area contributed by atoms with E-state index in [0.717, 1.165) is 50.3 Å². The van der Waals surface area contributed by atoms with E-state index in [4.69, 9.17) is 9.47 Å². The molecular weight excluding hydrogens is 382 g/mol. The van der Waals surface area contributed by atoms with Crippen molar-refractivity contribution in [2.45, 2.75) is 52.2 Å². The minimum Gasteiger partial charge on any atom is -0.478 e. The summed E-state index contributed by atoms with van der Waals surface area (Å²) >= 11 is 0. The molecule has 30 heavy (non-hydrogen) atoms. The van der Waals surface area contributed by atoms with Gasteiger partial charge in [-0.15, -0.1) is 0 Å². The van der Waals surface area contributed by atoms with Gasteiger partial charge in [0, 0.05) is 55.6 Å². The van der Waals surface area contributed by atoms with Crippen LogP contribution in [-0.4, -0.2) is 56.2 Å². The Balaban J connectivity index is 1.60. The Morgan fingerprint density at radius 1 is 1.03 bits per heavy atom. The molecule has 1 aliphatic carbocycles. The van der Waals surface area contributed by atoms with E-state index in [1.807, 2.05) is 33.2 Å². The summed E-state index contributed by atoms with van der Waals surface area (Å²) in [6.45, 7) is 9.07. The van der Waals surface area contributed by atoms with Crippen molar-refractivity contribution in [1.82, 2.24) is 24.8 Å². The highest BCUT2D eigenvalue weighted by molar-refractivity contribution is 5.34. The van der Waals surface area contributed by atoms with E-state index in [2.05, 4.69) is 24.8 Å². The fourth-order valence-corrected chi connectivity index (χ4v) is 4.94. The summed E-state index contributed by atoms with van der Waals surface area (Å²) in [5, 5.41) is 12.0. The predicted octanol–water partition coefficient (Wildman–Crippen LogP) is 2.49. The molecule has 0 aromatic carbocycles. The van der Waals surface area contributed by atoms with Gasteiger partial charge in [-0.1, -0.05) is 6.42 Å². The zero-order valence-corrected chi connectivity index (χ0v) is 18.0. The minimum atomic E-state index is -0.992. The second-order valence-corrected chi connectivity index (χ2v) is 8.22. The zero-order chi connectivity index (χ0) is 21.1. The summed E-state index contributed by atoms with van der Waals surface area (Å²) < 4.78 is 11.3. The Morgan fingerprint density at radius 2 is 1.70 bits per heavy atom. The molecule has 1 N–H and O–H groups in total. The molecule has 162 valence electrons. The number of aryl methyl sites for hydroxylation is 1. The van der Waals surface area contributed by atoms with Crippen LogP contribution in [0.1, 0.15) is 50.1 Å². The largest absolute Gasteiger partial charge is 0.478 e. The number of aromatic nitrogens is 4. The summed E-state index contributed by atoms with van der Waals surface area (Å²) in [6.07, 6.45) is 8.55. The van der Waals surface area contributed by atoms with Crippen LogP contribution in [-0.2, 0) is 12.1 Å².